The second kappa shape index (κ2) is 7.33. The SMILES string of the molecule is COCC(O)CCNCc1cc(C)nc2ccccc12. The third kappa shape index (κ3) is 4.00. The number of para-hydroxylation sites is 1. The van der Waals surface area contributed by atoms with E-state index in [-0.39, 0.29) is 0 Å². The molecule has 108 valence electrons. The lowest BCUT2D eigenvalue weighted by molar-refractivity contribution is 0.0594. The molecular weight excluding hydrogens is 252 g/mol. The molecule has 0 saturated heterocycles. The van der Waals surface area contributed by atoms with Crippen molar-refractivity contribution in [1.82, 2.24) is 10.3 Å². The largest absolute Gasteiger partial charge is 0.391 e. The molecular formula is C16H22N2O2. The van der Waals surface area contributed by atoms with Gasteiger partial charge in [-0.25, -0.2) is 0 Å². The Labute approximate surface area is 119 Å². The molecule has 1 aromatic heterocycles. The topological polar surface area (TPSA) is 54.4 Å². The fraction of sp³-hybridized carbons (Fsp3) is 0.438. The van der Waals surface area contributed by atoms with Crippen molar-refractivity contribution < 1.29 is 9.84 Å². The van der Waals surface area contributed by atoms with Gasteiger partial charge in [0.15, 0.2) is 0 Å². The van der Waals surface area contributed by atoms with Gasteiger partial charge in [0.25, 0.3) is 0 Å². The van der Waals surface area contributed by atoms with E-state index in [2.05, 4.69) is 22.4 Å². The second-order valence-electron chi connectivity index (χ2n) is 5.01. The Hall–Kier alpha value is -1.49. The summed E-state index contributed by atoms with van der Waals surface area (Å²) in [5, 5.41) is 14.1. The summed E-state index contributed by atoms with van der Waals surface area (Å²) in [6.45, 7) is 3.95. The number of aliphatic hydroxyl groups excluding tert-OH is 1. The fourth-order valence-corrected chi connectivity index (χ4v) is 2.31. The van der Waals surface area contributed by atoms with Crippen molar-refractivity contribution in [2.24, 2.45) is 0 Å². The highest BCUT2D eigenvalue weighted by molar-refractivity contribution is 5.82. The Morgan fingerprint density at radius 1 is 1.35 bits per heavy atom. The van der Waals surface area contributed by atoms with E-state index in [9.17, 15) is 5.11 Å². The molecule has 0 saturated carbocycles. The standard InChI is InChI=1S/C16H22N2O2/c1-12-9-13(10-17-8-7-14(19)11-20-2)15-5-3-4-6-16(15)18-12/h3-6,9,14,17,19H,7-8,10-11H2,1-2H3. The number of aliphatic hydroxyl groups is 1. The molecule has 0 radical (unpaired) electrons. The summed E-state index contributed by atoms with van der Waals surface area (Å²) in [4.78, 5) is 4.53. The Morgan fingerprint density at radius 2 is 2.15 bits per heavy atom. The van der Waals surface area contributed by atoms with Crippen LogP contribution in [0.5, 0.6) is 0 Å². The first kappa shape index (κ1) is 14.9. The van der Waals surface area contributed by atoms with Crippen molar-refractivity contribution in [2.75, 3.05) is 20.3 Å². The number of ether oxygens (including phenoxy) is 1. The quantitative estimate of drug-likeness (QED) is 0.759. The molecule has 2 N–H and O–H groups in total. The van der Waals surface area contributed by atoms with Crippen molar-refractivity contribution in [3.8, 4) is 0 Å². The van der Waals surface area contributed by atoms with Crippen molar-refractivity contribution in [3.63, 3.8) is 0 Å². The van der Waals surface area contributed by atoms with Gasteiger partial charge in [-0.2, -0.15) is 0 Å². The highest BCUT2D eigenvalue weighted by Gasteiger charge is 2.05. The zero-order valence-corrected chi connectivity index (χ0v) is 12.1. The molecule has 4 nitrogen and oxygen atoms in total. The van der Waals surface area contributed by atoms with Crippen LogP contribution in [-0.2, 0) is 11.3 Å². The molecule has 2 rings (SSSR count). The first-order valence-corrected chi connectivity index (χ1v) is 6.93. The van der Waals surface area contributed by atoms with E-state index >= 15 is 0 Å². The fourth-order valence-electron chi connectivity index (χ4n) is 2.31. The molecule has 0 aliphatic heterocycles. The van der Waals surface area contributed by atoms with E-state index in [1.54, 1.807) is 7.11 Å². The van der Waals surface area contributed by atoms with Crippen LogP contribution in [0.1, 0.15) is 17.7 Å². The van der Waals surface area contributed by atoms with Crippen molar-refractivity contribution >= 4 is 10.9 Å². The minimum atomic E-state index is -0.400. The Kier molecular flexibility index (Phi) is 5.47. The molecule has 20 heavy (non-hydrogen) atoms. The lowest BCUT2D eigenvalue weighted by atomic mass is 10.1. The van der Waals surface area contributed by atoms with Crippen molar-refractivity contribution in [2.45, 2.75) is 26.0 Å². The molecule has 0 bridgehead atoms. The monoisotopic (exact) mass is 274 g/mol. The van der Waals surface area contributed by atoms with Gasteiger partial charge < -0.3 is 15.2 Å². The number of hydrogen-bond donors (Lipinski definition) is 2. The molecule has 1 unspecified atom stereocenters. The summed E-state index contributed by atoms with van der Waals surface area (Å²) < 4.78 is 4.91. The first-order valence-electron chi connectivity index (χ1n) is 6.93. The van der Waals surface area contributed by atoms with Crippen LogP contribution >= 0.6 is 0 Å². The molecule has 1 atom stereocenters. The molecule has 0 spiro atoms. The maximum atomic E-state index is 9.59. The number of nitrogens with one attached hydrogen (secondary N) is 1. The Balaban J connectivity index is 1.96. The van der Waals surface area contributed by atoms with Crippen LogP contribution in [0.4, 0.5) is 0 Å². The van der Waals surface area contributed by atoms with Gasteiger partial charge in [0, 0.05) is 24.7 Å². The summed E-state index contributed by atoms with van der Waals surface area (Å²) in [7, 11) is 1.60. The third-order valence-corrected chi connectivity index (χ3v) is 3.26. The molecule has 0 amide bonds. The van der Waals surface area contributed by atoms with Gasteiger partial charge in [0.1, 0.15) is 0 Å². The van der Waals surface area contributed by atoms with Gasteiger partial charge in [-0.05, 0) is 37.6 Å². The second-order valence-corrected chi connectivity index (χ2v) is 5.01. The van der Waals surface area contributed by atoms with E-state index < -0.39 is 6.10 Å². The lowest BCUT2D eigenvalue weighted by Crippen LogP contribution is -2.23. The molecule has 1 aromatic carbocycles. The average Bonchev–Trinajstić information content (AvgIpc) is 2.43. The van der Waals surface area contributed by atoms with E-state index in [1.807, 2.05) is 25.1 Å². The van der Waals surface area contributed by atoms with Crippen molar-refractivity contribution in [1.29, 1.82) is 0 Å². The molecule has 4 heteroatoms. The minimum absolute atomic E-state index is 0.388. The zero-order chi connectivity index (χ0) is 14.4. The number of methoxy groups -OCH3 is 1. The van der Waals surface area contributed by atoms with Gasteiger partial charge in [0.2, 0.25) is 0 Å². The summed E-state index contributed by atoms with van der Waals surface area (Å²) >= 11 is 0. The number of rotatable bonds is 7. The summed E-state index contributed by atoms with van der Waals surface area (Å²) in [6.07, 6.45) is 0.291. The van der Waals surface area contributed by atoms with Gasteiger partial charge in [0.05, 0.1) is 18.2 Å². The zero-order valence-electron chi connectivity index (χ0n) is 12.1. The number of pyridine rings is 1. The van der Waals surface area contributed by atoms with Crippen LogP contribution in [0, 0.1) is 6.92 Å². The van der Waals surface area contributed by atoms with E-state index in [0.29, 0.717) is 13.0 Å². The summed E-state index contributed by atoms with van der Waals surface area (Å²) in [5.74, 6) is 0. The maximum absolute atomic E-state index is 9.59. The number of aryl methyl sites for hydroxylation is 1. The van der Waals surface area contributed by atoms with Gasteiger partial charge in [-0.1, -0.05) is 18.2 Å². The van der Waals surface area contributed by atoms with E-state index in [4.69, 9.17) is 4.74 Å². The molecule has 2 aromatic rings. The smallest absolute Gasteiger partial charge is 0.0785 e. The molecule has 1 heterocycles. The number of benzene rings is 1. The predicted molar refractivity (Wildman–Crippen MR) is 80.7 cm³/mol. The van der Waals surface area contributed by atoms with E-state index in [1.165, 1.54) is 10.9 Å². The van der Waals surface area contributed by atoms with Gasteiger partial charge >= 0.3 is 0 Å². The lowest BCUT2D eigenvalue weighted by Gasteiger charge is -2.11. The first-order chi connectivity index (χ1) is 9.70. The number of hydrogen-bond acceptors (Lipinski definition) is 4. The Morgan fingerprint density at radius 3 is 2.95 bits per heavy atom. The molecule has 0 fully saturated rings. The van der Waals surface area contributed by atoms with Crippen LogP contribution < -0.4 is 5.32 Å². The van der Waals surface area contributed by atoms with Crippen LogP contribution in [-0.4, -0.2) is 36.5 Å². The average molecular weight is 274 g/mol. The van der Waals surface area contributed by atoms with E-state index in [0.717, 1.165) is 24.3 Å². The van der Waals surface area contributed by atoms with Gasteiger partial charge in [-0.15, -0.1) is 0 Å². The Bertz CT molecular complexity index is 557. The normalized spacial score (nSPS) is 12.8. The summed E-state index contributed by atoms with van der Waals surface area (Å²) in [5.41, 5.74) is 3.30. The third-order valence-electron chi connectivity index (χ3n) is 3.26. The van der Waals surface area contributed by atoms with Gasteiger partial charge in [-0.3, -0.25) is 4.98 Å². The molecule has 0 aliphatic rings. The van der Waals surface area contributed by atoms with Crippen LogP contribution in [0.25, 0.3) is 10.9 Å². The summed E-state index contributed by atoms with van der Waals surface area (Å²) in [6, 6.07) is 10.3. The number of fused-ring (bicyclic) bond motifs is 1. The van der Waals surface area contributed by atoms with Crippen LogP contribution in [0.15, 0.2) is 30.3 Å². The maximum Gasteiger partial charge on any atom is 0.0785 e. The highest BCUT2D eigenvalue weighted by atomic mass is 16.5. The highest BCUT2D eigenvalue weighted by Crippen LogP contribution is 2.17. The predicted octanol–water partition coefficient (Wildman–Crippen LogP) is 2.03. The van der Waals surface area contributed by atoms with Crippen molar-refractivity contribution in [3.05, 3.63) is 41.6 Å². The number of aromatic nitrogens is 1. The minimum Gasteiger partial charge on any atom is -0.391 e. The molecule has 0 aliphatic carbocycles. The van der Waals surface area contributed by atoms with Crippen LogP contribution in [0.2, 0.25) is 0 Å². The number of nitrogens with zero attached hydrogens (tertiary/aromatic N) is 1. The van der Waals surface area contributed by atoms with Crippen LogP contribution in [0.3, 0.4) is 0 Å².